The third kappa shape index (κ3) is 4.17. The van der Waals surface area contributed by atoms with Gasteiger partial charge in [0.2, 0.25) is 11.5 Å². The first-order valence-corrected chi connectivity index (χ1v) is 9.52. The van der Waals surface area contributed by atoms with Crippen LogP contribution in [0.4, 0.5) is 18.9 Å². The molecule has 0 saturated heterocycles. The first kappa shape index (κ1) is 20.0. The quantitative estimate of drug-likeness (QED) is 0.831. The second kappa shape index (κ2) is 7.51. The van der Waals surface area contributed by atoms with Gasteiger partial charge in [-0.05, 0) is 52.1 Å². The lowest BCUT2D eigenvalue weighted by atomic mass is 9.95. The summed E-state index contributed by atoms with van der Waals surface area (Å²) in [5, 5.41) is 0. The van der Waals surface area contributed by atoms with Crippen molar-refractivity contribution in [3.8, 4) is 0 Å². The van der Waals surface area contributed by atoms with E-state index in [-0.39, 0.29) is 18.0 Å². The van der Waals surface area contributed by atoms with Gasteiger partial charge in [-0.15, -0.1) is 0 Å². The minimum absolute atomic E-state index is 0.0102. The number of benzene rings is 1. The summed E-state index contributed by atoms with van der Waals surface area (Å²) in [7, 11) is 1.72. The smallest absolute Gasteiger partial charge is 0.372 e. The van der Waals surface area contributed by atoms with Gasteiger partial charge in [0.15, 0.2) is 0 Å². The first-order chi connectivity index (χ1) is 14.2. The number of likely N-dealkylation sites (N-methyl/N-ethyl adjacent to an activating group) is 1. The SMILES string of the molecule is CN1C(=O)Cc2cc(C3=CN(CCC(F)(F)F)CC(c4ccc(=O)[nH]c4)=C3)ccc21. The first-order valence-electron chi connectivity index (χ1n) is 9.52. The summed E-state index contributed by atoms with van der Waals surface area (Å²) in [5.41, 5.74) is 4.64. The molecule has 2 aliphatic rings. The number of carbonyl (C=O) groups is 1. The van der Waals surface area contributed by atoms with E-state index in [1.165, 1.54) is 6.07 Å². The van der Waals surface area contributed by atoms with Crippen LogP contribution in [0.2, 0.25) is 0 Å². The third-order valence-corrected chi connectivity index (χ3v) is 5.35. The number of aromatic amines is 1. The van der Waals surface area contributed by atoms with E-state index in [1.54, 1.807) is 35.3 Å². The zero-order valence-electron chi connectivity index (χ0n) is 16.3. The number of amides is 1. The summed E-state index contributed by atoms with van der Waals surface area (Å²) in [6.07, 6.45) is 0.352. The maximum atomic E-state index is 12.8. The van der Waals surface area contributed by atoms with E-state index in [2.05, 4.69) is 4.98 Å². The Kier molecular flexibility index (Phi) is 5.01. The molecule has 1 amide bonds. The van der Waals surface area contributed by atoms with Crippen molar-refractivity contribution in [2.75, 3.05) is 25.0 Å². The van der Waals surface area contributed by atoms with Gasteiger partial charge in [0.1, 0.15) is 0 Å². The highest BCUT2D eigenvalue weighted by atomic mass is 19.4. The molecule has 0 spiro atoms. The average Bonchev–Trinajstić information content (AvgIpc) is 2.99. The Morgan fingerprint density at radius 2 is 1.87 bits per heavy atom. The Morgan fingerprint density at radius 3 is 2.57 bits per heavy atom. The minimum atomic E-state index is -4.24. The van der Waals surface area contributed by atoms with E-state index in [0.717, 1.165) is 33.5 Å². The maximum Gasteiger partial charge on any atom is 0.390 e. The van der Waals surface area contributed by atoms with Crippen LogP contribution in [0.1, 0.15) is 23.1 Å². The van der Waals surface area contributed by atoms with Crippen LogP contribution in [0.15, 0.2) is 53.6 Å². The van der Waals surface area contributed by atoms with E-state index in [0.29, 0.717) is 13.0 Å². The zero-order valence-corrected chi connectivity index (χ0v) is 16.3. The number of allylic oxidation sites excluding steroid dienone is 2. The Morgan fingerprint density at radius 1 is 1.10 bits per heavy atom. The zero-order chi connectivity index (χ0) is 21.5. The fourth-order valence-corrected chi connectivity index (χ4v) is 3.74. The number of hydrogen-bond donors (Lipinski definition) is 1. The van der Waals surface area contributed by atoms with Crippen molar-refractivity contribution in [1.29, 1.82) is 0 Å². The number of alkyl halides is 3. The van der Waals surface area contributed by atoms with Gasteiger partial charge in [0.05, 0.1) is 12.8 Å². The van der Waals surface area contributed by atoms with Crippen molar-refractivity contribution in [2.45, 2.75) is 19.0 Å². The predicted octanol–water partition coefficient (Wildman–Crippen LogP) is 3.59. The summed E-state index contributed by atoms with van der Waals surface area (Å²) in [4.78, 5) is 29.2. The topological polar surface area (TPSA) is 56.4 Å². The number of rotatable bonds is 4. The molecule has 0 atom stereocenters. The summed E-state index contributed by atoms with van der Waals surface area (Å²) >= 11 is 0. The second-order valence-electron chi connectivity index (χ2n) is 7.50. The number of anilines is 1. The molecule has 30 heavy (non-hydrogen) atoms. The van der Waals surface area contributed by atoms with Gasteiger partial charge in [-0.1, -0.05) is 6.07 Å². The van der Waals surface area contributed by atoms with Gasteiger partial charge in [-0.25, -0.2) is 0 Å². The molecule has 2 aliphatic heterocycles. The predicted molar refractivity (Wildman–Crippen MR) is 109 cm³/mol. The number of nitrogens with one attached hydrogen (secondary N) is 1. The maximum absolute atomic E-state index is 12.8. The lowest BCUT2D eigenvalue weighted by molar-refractivity contribution is -0.136. The van der Waals surface area contributed by atoms with E-state index in [1.807, 2.05) is 24.3 Å². The van der Waals surface area contributed by atoms with Gasteiger partial charge in [0, 0.05) is 44.3 Å². The van der Waals surface area contributed by atoms with Crippen LogP contribution in [-0.2, 0) is 11.2 Å². The van der Waals surface area contributed by atoms with Crippen LogP contribution in [0.25, 0.3) is 11.1 Å². The lowest BCUT2D eigenvalue weighted by Gasteiger charge is -2.28. The van der Waals surface area contributed by atoms with Crippen molar-refractivity contribution in [3.63, 3.8) is 0 Å². The molecule has 2 aromatic rings. The number of hydrogen-bond acceptors (Lipinski definition) is 3. The van der Waals surface area contributed by atoms with Crippen molar-refractivity contribution >= 4 is 22.7 Å². The standard InChI is InChI=1S/C22H20F3N3O2/c1-27-19-4-2-14(8-16(19)10-21(27)30)17-9-18(15-3-5-20(29)26-11-15)13-28(12-17)7-6-22(23,24)25/h2-5,8-9,11-12H,6-7,10,13H2,1H3,(H,26,29). The van der Waals surface area contributed by atoms with Crippen LogP contribution in [0.5, 0.6) is 0 Å². The number of halogens is 3. The highest BCUT2D eigenvalue weighted by molar-refractivity contribution is 6.01. The fourth-order valence-electron chi connectivity index (χ4n) is 3.74. The summed E-state index contributed by atoms with van der Waals surface area (Å²) < 4.78 is 38.3. The molecule has 0 saturated carbocycles. The Labute approximate surface area is 171 Å². The Bertz CT molecular complexity index is 1090. The van der Waals surface area contributed by atoms with Crippen LogP contribution < -0.4 is 10.5 Å². The van der Waals surface area contributed by atoms with Gasteiger partial charge in [0.25, 0.3) is 0 Å². The second-order valence-corrected chi connectivity index (χ2v) is 7.50. The Balaban J connectivity index is 1.70. The molecule has 0 bridgehead atoms. The molecule has 0 unspecified atom stereocenters. The average molecular weight is 415 g/mol. The Hall–Kier alpha value is -3.29. The largest absolute Gasteiger partial charge is 0.390 e. The molecule has 8 heteroatoms. The molecule has 0 radical (unpaired) electrons. The fraction of sp³-hybridized carbons (Fsp3) is 0.273. The van der Waals surface area contributed by atoms with Crippen molar-refractivity contribution < 1.29 is 18.0 Å². The molecule has 1 aromatic carbocycles. The van der Waals surface area contributed by atoms with E-state index >= 15 is 0 Å². The lowest BCUT2D eigenvalue weighted by Crippen LogP contribution is -2.27. The monoisotopic (exact) mass is 415 g/mol. The number of carbonyl (C=O) groups excluding carboxylic acids is 1. The molecule has 4 rings (SSSR count). The van der Waals surface area contributed by atoms with Crippen LogP contribution in [0, 0.1) is 0 Å². The van der Waals surface area contributed by atoms with Crippen LogP contribution in [-0.4, -0.2) is 42.1 Å². The number of nitrogens with zero attached hydrogens (tertiary/aromatic N) is 2. The third-order valence-electron chi connectivity index (χ3n) is 5.35. The molecule has 1 N–H and O–H groups in total. The minimum Gasteiger partial charge on any atom is -0.372 e. The molecular formula is C22H20F3N3O2. The summed E-state index contributed by atoms with van der Waals surface area (Å²) in [6, 6.07) is 8.69. The van der Waals surface area contributed by atoms with Gasteiger partial charge >= 0.3 is 6.18 Å². The van der Waals surface area contributed by atoms with Crippen LogP contribution in [0.3, 0.4) is 0 Å². The van der Waals surface area contributed by atoms with Gasteiger partial charge in [-0.2, -0.15) is 13.2 Å². The van der Waals surface area contributed by atoms with Crippen molar-refractivity contribution in [2.24, 2.45) is 0 Å². The normalized spacial score (nSPS) is 16.5. The van der Waals surface area contributed by atoms with Crippen molar-refractivity contribution in [3.05, 3.63) is 75.8 Å². The van der Waals surface area contributed by atoms with E-state index in [9.17, 15) is 22.8 Å². The molecule has 0 aliphatic carbocycles. The summed E-state index contributed by atoms with van der Waals surface area (Å²) in [5.74, 6) is 0.0102. The highest BCUT2D eigenvalue weighted by Crippen LogP contribution is 2.34. The van der Waals surface area contributed by atoms with Crippen LogP contribution >= 0.6 is 0 Å². The molecular weight excluding hydrogens is 395 g/mol. The van der Waals surface area contributed by atoms with Crippen molar-refractivity contribution in [1.82, 2.24) is 9.88 Å². The molecule has 5 nitrogen and oxygen atoms in total. The van der Waals surface area contributed by atoms with Gasteiger partial charge < -0.3 is 14.8 Å². The number of pyridine rings is 1. The number of H-pyrrole nitrogens is 1. The molecule has 1 aromatic heterocycles. The van der Waals surface area contributed by atoms with Gasteiger partial charge in [-0.3, -0.25) is 9.59 Å². The van der Waals surface area contributed by atoms with E-state index in [4.69, 9.17) is 0 Å². The number of aromatic nitrogens is 1. The number of fused-ring (bicyclic) bond motifs is 1. The van der Waals surface area contributed by atoms with E-state index < -0.39 is 12.6 Å². The molecule has 3 heterocycles. The summed E-state index contributed by atoms with van der Waals surface area (Å²) in [6.45, 7) is 0.137. The molecule has 156 valence electrons. The highest BCUT2D eigenvalue weighted by Gasteiger charge is 2.29. The molecule has 0 fully saturated rings.